The third kappa shape index (κ3) is 5.15. The average molecular weight is 457 g/mol. The maximum atomic E-state index is 13.1. The molecule has 0 radical (unpaired) electrons. The molecule has 1 aliphatic heterocycles. The molecule has 0 aliphatic carbocycles. The smallest absolute Gasteiger partial charge is 0.352 e. The zero-order valence-electron chi connectivity index (χ0n) is 17.1. The van der Waals surface area contributed by atoms with Crippen molar-refractivity contribution in [1.29, 1.82) is 0 Å². The topological polar surface area (TPSA) is 59.3 Å². The van der Waals surface area contributed by atoms with Crippen molar-refractivity contribution in [2.24, 2.45) is 10.9 Å². The van der Waals surface area contributed by atoms with Gasteiger partial charge in [0.2, 0.25) is 5.91 Å². The zero-order chi connectivity index (χ0) is 22.9. The van der Waals surface area contributed by atoms with Gasteiger partial charge in [-0.1, -0.05) is 24.6 Å². The quantitative estimate of drug-likeness (QED) is 0.666. The minimum absolute atomic E-state index is 0.0307. The van der Waals surface area contributed by atoms with Crippen molar-refractivity contribution < 1.29 is 22.4 Å². The second-order valence-electron chi connectivity index (χ2n) is 7.48. The largest absolute Gasteiger partial charge is 0.414 e. The summed E-state index contributed by atoms with van der Waals surface area (Å²) in [5.41, 5.74) is 1.81. The molecule has 1 unspecified atom stereocenters. The Balaban J connectivity index is 1.74. The van der Waals surface area contributed by atoms with E-state index in [9.17, 15) is 22.4 Å². The van der Waals surface area contributed by atoms with Gasteiger partial charge in [0.15, 0.2) is 0 Å². The van der Waals surface area contributed by atoms with Crippen LogP contribution in [0.3, 0.4) is 0 Å². The van der Waals surface area contributed by atoms with Crippen LogP contribution in [0.5, 0.6) is 0 Å². The molecule has 2 heterocycles. The number of rotatable bonds is 4. The van der Waals surface area contributed by atoms with Gasteiger partial charge >= 0.3 is 6.18 Å². The van der Waals surface area contributed by atoms with E-state index in [1.807, 2.05) is 0 Å². The number of nitrogens with one attached hydrogen (secondary N) is 1. The van der Waals surface area contributed by atoms with Gasteiger partial charge in [-0.25, -0.2) is 14.1 Å². The first-order valence-electron chi connectivity index (χ1n) is 9.57. The SMILES string of the molecule is Cc1nn(C2=NC=C(C(F)(F)F)C(C)C2)c(C)c1CC(=O)NCc1ccc(F)cc1Cl. The molecule has 0 fully saturated rings. The fourth-order valence-corrected chi connectivity index (χ4v) is 3.70. The molecule has 0 saturated heterocycles. The fourth-order valence-electron chi connectivity index (χ4n) is 3.47. The number of halogens is 5. The van der Waals surface area contributed by atoms with Crippen molar-refractivity contribution in [2.45, 2.75) is 46.3 Å². The van der Waals surface area contributed by atoms with Gasteiger partial charge in [0.1, 0.15) is 11.7 Å². The number of aliphatic imine (C=N–C) groups is 1. The lowest BCUT2D eigenvalue weighted by molar-refractivity contribution is -0.120. The summed E-state index contributed by atoms with van der Waals surface area (Å²) >= 11 is 5.97. The van der Waals surface area contributed by atoms with Gasteiger partial charge in [0.25, 0.3) is 0 Å². The molecule has 31 heavy (non-hydrogen) atoms. The Kier molecular flexibility index (Phi) is 6.54. The Morgan fingerprint density at radius 1 is 1.32 bits per heavy atom. The molecule has 1 aromatic heterocycles. The van der Waals surface area contributed by atoms with E-state index in [2.05, 4.69) is 15.4 Å². The Bertz CT molecular complexity index is 1070. The van der Waals surface area contributed by atoms with Crippen LogP contribution < -0.4 is 5.32 Å². The van der Waals surface area contributed by atoms with Crippen LogP contribution in [-0.4, -0.2) is 27.7 Å². The summed E-state index contributed by atoms with van der Waals surface area (Å²) in [6.07, 6.45) is -3.45. The lowest BCUT2D eigenvalue weighted by Gasteiger charge is -2.22. The van der Waals surface area contributed by atoms with Crippen LogP contribution in [0.4, 0.5) is 17.6 Å². The molecule has 166 valence electrons. The summed E-state index contributed by atoms with van der Waals surface area (Å²) < 4.78 is 53.7. The van der Waals surface area contributed by atoms with Crippen LogP contribution in [0.1, 0.15) is 35.9 Å². The predicted molar refractivity (Wildman–Crippen MR) is 109 cm³/mol. The fraction of sp³-hybridized carbons (Fsp3) is 0.381. The molecule has 1 amide bonds. The monoisotopic (exact) mass is 456 g/mol. The molecule has 2 aromatic rings. The Labute approximate surface area is 181 Å². The number of aromatic nitrogens is 2. The van der Waals surface area contributed by atoms with Gasteiger partial charge in [-0.05, 0) is 37.5 Å². The highest BCUT2D eigenvalue weighted by atomic mass is 35.5. The van der Waals surface area contributed by atoms with Gasteiger partial charge in [-0.3, -0.25) is 4.79 Å². The van der Waals surface area contributed by atoms with Crippen molar-refractivity contribution >= 4 is 23.3 Å². The van der Waals surface area contributed by atoms with Crippen LogP contribution in [0.25, 0.3) is 0 Å². The van der Waals surface area contributed by atoms with Crippen LogP contribution in [0.2, 0.25) is 5.02 Å². The summed E-state index contributed by atoms with van der Waals surface area (Å²) in [6, 6.07) is 3.93. The van der Waals surface area contributed by atoms with E-state index in [-0.39, 0.29) is 30.3 Å². The normalized spacial score (nSPS) is 16.7. The number of alkyl halides is 3. The number of nitrogens with zero attached hydrogens (tertiary/aromatic N) is 3. The van der Waals surface area contributed by atoms with Crippen molar-refractivity contribution in [1.82, 2.24) is 15.1 Å². The molecule has 0 bridgehead atoms. The highest BCUT2D eigenvalue weighted by molar-refractivity contribution is 6.31. The molecule has 1 N–H and O–H groups in total. The summed E-state index contributed by atoms with van der Waals surface area (Å²) in [6.45, 7) is 5.11. The molecular formula is C21H21ClF4N4O. The standard InChI is InChI=1S/C21H21ClF4N4O/c1-11-6-19(27-10-17(11)21(24,25)26)30-13(3)16(12(2)29-30)8-20(31)28-9-14-4-5-15(23)7-18(14)22/h4-5,7,10-11H,6,8-9H2,1-3H3,(H,28,31). The first-order valence-corrected chi connectivity index (χ1v) is 9.95. The molecule has 0 saturated carbocycles. The Hall–Kier alpha value is -2.68. The van der Waals surface area contributed by atoms with E-state index < -0.39 is 23.5 Å². The maximum absolute atomic E-state index is 13.1. The van der Waals surface area contributed by atoms with E-state index in [0.717, 1.165) is 6.20 Å². The first kappa shape index (κ1) is 23.0. The van der Waals surface area contributed by atoms with Gasteiger partial charge in [0.05, 0.1) is 17.7 Å². The predicted octanol–water partition coefficient (Wildman–Crippen LogP) is 4.88. The van der Waals surface area contributed by atoms with Crippen LogP contribution >= 0.6 is 11.6 Å². The number of carbonyl (C=O) groups excluding carboxylic acids is 1. The molecule has 3 rings (SSSR count). The molecule has 0 spiro atoms. The van der Waals surface area contributed by atoms with Gasteiger partial charge in [0, 0.05) is 35.4 Å². The summed E-state index contributed by atoms with van der Waals surface area (Å²) in [4.78, 5) is 16.4. The van der Waals surface area contributed by atoms with Crippen molar-refractivity contribution in [2.75, 3.05) is 0 Å². The third-order valence-corrected chi connectivity index (χ3v) is 5.57. The lowest BCUT2D eigenvalue weighted by Crippen LogP contribution is -2.27. The minimum Gasteiger partial charge on any atom is -0.352 e. The molecule has 1 aromatic carbocycles. The minimum atomic E-state index is -4.42. The summed E-state index contributed by atoms with van der Waals surface area (Å²) in [7, 11) is 0. The number of hydrogen-bond acceptors (Lipinski definition) is 3. The van der Waals surface area contributed by atoms with Crippen LogP contribution in [-0.2, 0) is 17.8 Å². The average Bonchev–Trinajstić information content (AvgIpc) is 2.94. The Morgan fingerprint density at radius 3 is 2.65 bits per heavy atom. The van der Waals surface area contributed by atoms with Crippen LogP contribution in [0.15, 0.2) is 35.0 Å². The number of allylic oxidation sites excluding steroid dienone is 1. The highest BCUT2D eigenvalue weighted by Crippen LogP contribution is 2.35. The number of aryl methyl sites for hydroxylation is 1. The van der Waals surface area contributed by atoms with E-state index in [1.165, 1.54) is 29.8 Å². The molecular weight excluding hydrogens is 436 g/mol. The van der Waals surface area contributed by atoms with Crippen LogP contribution in [0, 0.1) is 25.6 Å². The number of carbonyl (C=O) groups is 1. The highest BCUT2D eigenvalue weighted by Gasteiger charge is 2.39. The second-order valence-corrected chi connectivity index (χ2v) is 7.89. The molecule has 10 heteroatoms. The maximum Gasteiger partial charge on any atom is 0.414 e. The first-order chi connectivity index (χ1) is 14.5. The molecule has 5 nitrogen and oxygen atoms in total. The number of benzene rings is 1. The Morgan fingerprint density at radius 2 is 2.03 bits per heavy atom. The van der Waals surface area contributed by atoms with Gasteiger partial charge in [-0.2, -0.15) is 18.3 Å². The molecule has 1 atom stereocenters. The van der Waals surface area contributed by atoms with E-state index >= 15 is 0 Å². The van der Waals surface area contributed by atoms with E-state index in [0.29, 0.717) is 28.4 Å². The number of amides is 1. The lowest BCUT2D eigenvalue weighted by atomic mass is 9.95. The van der Waals surface area contributed by atoms with Crippen molar-refractivity contribution in [3.8, 4) is 0 Å². The second kappa shape index (κ2) is 8.82. The van der Waals surface area contributed by atoms with E-state index in [4.69, 9.17) is 11.6 Å². The third-order valence-electron chi connectivity index (χ3n) is 5.21. The van der Waals surface area contributed by atoms with Crippen molar-refractivity contribution in [3.05, 3.63) is 63.3 Å². The van der Waals surface area contributed by atoms with Crippen molar-refractivity contribution in [3.63, 3.8) is 0 Å². The van der Waals surface area contributed by atoms with E-state index in [1.54, 1.807) is 13.8 Å². The summed E-state index contributed by atoms with van der Waals surface area (Å²) in [5.74, 6) is -1.10. The number of hydrogen-bond donors (Lipinski definition) is 1. The summed E-state index contributed by atoms with van der Waals surface area (Å²) in [5, 5.41) is 7.33. The molecule has 1 aliphatic rings. The zero-order valence-corrected chi connectivity index (χ0v) is 17.9. The van der Waals surface area contributed by atoms with Gasteiger partial charge in [-0.15, -0.1) is 0 Å². The van der Waals surface area contributed by atoms with Gasteiger partial charge < -0.3 is 5.32 Å².